The second-order valence-electron chi connectivity index (χ2n) is 1.56. The van der Waals surface area contributed by atoms with Gasteiger partial charge >= 0.3 is 0 Å². The topological polar surface area (TPSA) is 35.3 Å². The summed E-state index contributed by atoms with van der Waals surface area (Å²) in [6.45, 7) is 1.48. The number of ether oxygens (including phenoxy) is 1. The van der Waals surface area contributed by atoms with Gasteiger partial charge in [-0.25, -0.2) is 0 Å². The Morgan fingerprint density at radius 1 is 1.67 bits per heavy atom. The van der Waals surface area contributed by atoms with Crippen molar-refractivity contribution in [2.45, 2.75) is 6.92 Å². The number of methoxy groups -OCH3 is 1. The first-order valence-electron chi connectivity index (χ1n) is 2.41. The number of hydrogen-bond donors (Lipinski definition) is 0. The molecule has 50 valence electrons. The molecule has 0 spiro atoms. The van der Waals surface area contributed by atoms with Gasteiger partial charge in [-0.05, 0) is 12.1 Å². The van der Waals surface area contributed by atoms with Gasteiger partial charge in [0.15, 0.2) is 5.76 Å². The molecular formula is C5H6FNO2. The van der Waals surface area contributed by atoms with E-state index in [4.69, 9.17) is 0 Å². The van der Waals surface area contributed by atoms with Crippen LogP contribution in [0.1, 0.15) is 5.76 Å². The molecule has 3 nitrogen and oxygen atoms in total. The van der Waals surface area contributed by atoms with E-state index in [0.29, 0.717) is 0 Å². The quantitative estimate of drug-likeness (QED) is 0.573. The van der Waals surface area contributed by atoms with Crippen molar-refractivity contribution in [2.24, 2.45) is 0 Å². The van der Waals surface area contributed by atoms with Crippen LogP contribution in [0.5, 0.6) is 5.88 Å². The van der Waals surface area contributed by atoms with Gasteiger partial charge in [0.05, 0.1) is 7.11 Å². The van der Waals surface area contributed by atoms with E-state index in [9.17, 15) is 4.39 Å². The molecule has 1 aromatic heterocycles. The van der Waals surface area contributed by atoms with Crippen molar-refractivity contribution in [2.75, 3.05) is 7.11 Å². The highest BCUT2D eigenvalue weighted by Gasteiger charge is 2.10. The van der Waals surface area contributed by atoms with E-state index in [1.54, 1.807) is 0 Å². The summed E-state index contributed by atoms with van der Waals surface area (Å²) in [6, 6.07) is 0. The summed E-state index contributed by atoms with van der Waals surface area (Å²) >= 11 is 0. The molecule has 0 aromatic carbocycles. The number of rotatable bonds is 1. The number of aryl methyl sites for hydroxylation is 1. The number of halogens is 1. The van der Waals surface area contributed by atoms with Gasteiger partial charge < -0.3 is 9.26 Å². The maximum Gasteiger partial charge on any atom is 0.290 e. The molecule has 9 heavy (non-hydrogen) atoms. The molecule has 1 heterocycles. The van der Waals surface area contributed by atoms with Crippen LogP contribution in [-0.4, -0.2) is 12.3 Å². The Morgan fingerprint density at radius 2 is 2.33 bits per heavy atom. The van der Waals surface area contributed by atoms with Gasteiger partial charge in [-0.15, -0.1) is 0 Å². The van der Waals surface area contributed by atoms with E-state index < -0.39 is 5.82 Å². The maximum atomic E-state index is 12.5. The molecule has 0 saturated heterocycles. The minimum Gasteiger partial charge on any atom is -0.477 e. The van der Waals surface area contributed by atoms with Crippen LogP contribution in [0, 0.1) is 12.7 Å². The second kappa shape index (κ2) is 2.05. The second-order valence-corrected chi connectivity index (χ2v) is 1.56. The van der Waals surface area contributed by atoms with Crippen molar-refractivity contribution in [3.05, 3.63) is 11.6 Å². The molecule has 0 aliphatic heterocycles. The van der Waals surface area contributed by atoms with Gasteiger partial charge in [0.2, 0.25) is 5.82 Å². The minimum absolute atomic E-state index is 0.0903. The molecule has 4 heteroatoms. The first-order chi connectivity index (χ1) is 4.25. The molecule has 0 saturated carbocycles. The smallest absolute Gasteiger partial charge is 0.290 e. The lowest BCUT2D eigenvalue weighted by atomic mass is 10.5. The maximum absolute atomic E-state index is 12.5. The van der Waals surface area contributed by atoms with Gasteiger partial charge in [0.25, 0.3) is 5.88 Å². The van der Waals surface area contributed by atoms with Crippen molar-refractivity contribution >= 4 is 0 Å². The molecule has 0 N–H and O–H groups in total. The summed E-state index contributed by atoms with van der Waals surface area (Å²) in [5.41, 5.74) is 0. The van der Waals surface area contributed by atoms with Gasteiger partial charge in [-0.2, -0.15) is 4.39 Å². The fraction of sp³-hybridized carbons (Fsp3) is 0.400. The van der Waals surface area contributed by atoms with Crippen LogP contribution in [0.15, 0.2) is 4.52 Å². The Labute approximate surface area is 51.4 Å². The number of nitrogens with zero attached hydrogens (tertiary/aromatic N) is 1. The predicted octanol–water partition coefficient (Wildman–Crippen LogP) is 1.13. The van der Waals surface area contributed by atoms with E-state index in [0.717, 1.165) is 0 Å². The fourth-order valence-electron chi connectivity index (χ4n) is 0.468. The summed E-state index contributed by atoms with van der Waals surface area (Å²) in [6.07, 6.45) is 0. The molecule has 0 aliphatic carbocycles. The molecule has 1 aromatic rings. The van der Waals surface area contributed by atoms with Gasteiger partial charge in [0.1, 0.15) is 0 Å². The highest BCUT2D eigenvalue weighted by Crippen LogP contribution is 2.16. The lowest BCUT2D eigenvalue weighted by Gasteiger charge is -1.86. The third kappa shape index (κ3) is 0.872. The van der Waals surface area contributed by atoms with Crippen molar-refractivity contribution in [3.8, 4) is 5.88 Å². The average Bonchev–Trinajstić information content (AvgIpc) is 2.15. The Kier molecular flexibility index (Phi) is 1.38. The molecule has 0 aliphatic rings. The average molecular weight is 131 g/mol. The molecule has 0 unspecified atom stereocenters. The Morgan fingerprint density at radius 3 is 2.56 bits per heavy atom. The summed E-state index contributed by atoms with van der Waals surface area (Å²) < 4.78 is 21.4. The monoisotopic (exact) mass is 131 g/mol. The third-order valence-corrected chi connectivity index (χ3v) is 0.956. The molecule has 0 bridgehead atoms. The van der Waals surface area contributed by atoms with Crippen molar-refractivity contribution < 1.29 is 13.7 Å². The van der Waals surface area contributed by atoms with Crippen molar-refractivity contribution in [1.29, 1.82) is 0 Å². The van der Waals surface area contributed by atoms with Crippen LogP contribution in [-0.2, 0) is 0 Å². The summed E-state index contributed by atoms with van der Waals surface area (Å²) in [4.78, 5) is 0. The first-order valence-corrected chi connectivity index (χ1v) is 2.41. The van der Waals surface area contributed by atoms with Crippen LogP contribution < -0.4 is 4.74 Å². The van der Waals surface area contributed by atoms with Crippen molar-refractivity contribution in [1.82, 2.24) is 5.16 Å². The van der Waals surface area contributed by atoms with E-state index >= 15 is 0 Å². The minimum atomic E-state index is -0.530. The Bertz CT molecular complexity index is 209. The molecule has 0 amide bonds. The summed E-state index contributed by atoms with van der Waals surface area (Å²) in [5.74, 6) is -0.475. The first kappa shape index (κ1) is 6.07. The zero-order valence-corrected chi connectivity index (χ0v) is 5.14. The standard InChI is InChI=1S/C5H6FNO2/c1-3-4(6)5(8-2)7-9-3/h1-2H3. The molecule has 1 rings (SSSR count). The number of hydrogen-bond acceptors (Lipinski definition) is 3. The molecular weight excluding hydrogens is 125 g/mol. The van der Waals surface area contributed by atoms with E-state index in [1.165, 1.54) is 14.0 Å². The fourth-order valence-corrected chi connectivity index (χ4v) is 0.468. The summed E-state index contributed by atoms with van der Waals surface area (Å²) in [7, 11) is 1.33. The van der Waals surface area contributed by atoms with Crippen LogP contribution in [0.4, 0.5) is 4.39 Å². The lowest BCUT2D eigenvalue weighted by molar-refractivity contribution is 0.329. The van der Waals surface area contributed by atoms with E-state index in [1.807, 2.05) is 0 Å². The largest absolute Gasteiger partial charge is 0.477 e. The normalized spacial score (nSPS) is 9.67. The van der Waals surface area contributed by atoms with E-state index in [2.05, 4.69) is 14.4 Å². The third-order valence-electron chi connectivity index (χ3n) is 0.956. The van der Waals surface area contributed by atoms with Crippen LogP contribution in [0.3, 0.4) is 0 Å². The Hall–Kier alpha value is -1.06. The highest BCUT2D eigenvalue weighted by atomic mass is 19.1. The molecule has 0 fully saturated rings. The van der Waals surface area contributed by atoms with Crippen LogP contribution in [0.2, 0.25) is 0 Å². The lowest BCUT2D eigenvalue weighted by Crippen LogP contribution is -1.84. The SMILES string of the molecule is COc1noc(C)c1F. The van der Waals surface area contributed by atoms with Gasteiger partial charge in [-0.3, -0.25) is 0 Å². The van der Waals surface area contributed by atoms with Crippen LogP contribution in [0.25, 0.3) is 0 Å². The zero-order chi connectivity index (χ0) is 6.85. The number of aromatic nitrogens is 1. The Balaban J connectivity index is 3.04. The van der Waals surface area contributed by atoms with E-state index in [-0.39, 0.29) is 11.6 Å². The molecule has 0 atom stereocenters. The summed E-state index contributed by atoms with van der Waals surface area (Å²) in [5, 5.41) is 3.26. The highest BCUT2D eigenvalue weighted by molar-refractivity contribution is 5.12. The van der Waals surface area contributed by atoms with Crippen molar-refractivity contribution in [3.63, 3.8) is 0 Å². The van der Waals surface area contributed by atoms with Gasteiger partial charge in [-0.1, -0.05) is 0 Å². The predicted molar refractivity (Wildman–Crippen MR) is 27.7 cm³/mol. The molecule has 0 radical (unpaired) electrons. The van der Waals surface area contributed by atoms with Crippen LogP contribution >= 0.6 is 0 Å². The van der Waals surface area contributed by atoms with Gasteiger partial charge in [0, 0.05) is 0 Å². The zero-order valence-electron chi connectivity index (χ0n) is 5.14.